The number of hydrogen-bond donors (Lipinski definition) is 3. The minimum Gasteiger partial charge on any atom is -0.481 e. The Morgan fingerprint density at radius 3 is 2.28 bits per heavy atom. The summed E-state index contributed by atoms with van der Waals surface area (Å²) < 4.78 is 0. The summed E-state index contributed by atoms with van der Waals surface area (Å²) in [7, 11) is 0. The van der Waals surface area contributed by atoms with Gasteiger partial charge < -0.3 is 15.7 Å². The molecular formula is C19H28N2O4. The van der Waals surface area contributed by atoms with Gasteiger partial charge in [0.25, 0.3) is 5.91 Å². The molecule has 0 spiro atoms. The van der Waals surface area contributed by atoms with Crippen LogP contribution in [-0.2, 0) is 9.59 Å². The maximum Gasteiger partial charge on any atom is 0.310 e. The number of nitrogens with one attached hydrogen (secondary N) is 2. The van der Waals surface area contributed by atoms with Gasteiger partial charge in [0.1, 0.15) is 6.04 Å². The molecule has 1 aromatic rings. The summed E-state index contributed by atoms with van der Waals surface area (Å²) in [6.07, 6.45) is 0.469. The molecule has 138 valence electrons. The minimum absolute atomic E-state index is 0.00397. The van der Waals surface area contributed by atoms with Crippen LogP contribution in [0.15, 0.2) is 24.3 Å². The van der Waals surface area contributed by atoms with Crippen LogP contribution in [-0.4, -0.2) is 35.5 Å². The van der Waals surface area contributed by atoms with Gasteiger partial charge in [-0.3, -0.25) is 14.4 Å². The summed E-state index contributed by atoms with van der Waals surface area (Å²) in [6, 6.07) is 6.45. The van der Waals surface area contributed by atoms with E-state index in [0.717, 1.165) is 5.56 Å². The van der Waals surface area contributed by atoms with Crippen LogP contribution in [0.1, 0.15) is 50.0 Å². The van der Waals surface area contributed by atoms with E-state index in [9.17, 15) is 14.4 Å². The highest BCUT2D eigenvalue weighted by molar-refractivity contribution is 5.98. The van der Waals surface area contributed by atoms with E-state index in [0.29, 0.717) is 12.0 Å². The fourth-order valence-electron chi connectivity index (χ4n) is 2.27. The van der Waals surface area contributed by atoms with Crippen molar-refractivity contribution in [2.75, 3.05) is 6.54 Å². The lowest BCUT2D eigenvalue weighted by Gasteiger charge is -2.24. The van der Waals surface area contributed by atoms with Gasteiger partial charge in [-0.15, -0.1) is 0 Å². The van der Waals surface area contributed by atoms with Gasteiger partial charge in [-0.05, 0) is 44.7 Å². The molecule has 6 nitrogen and oxygen atoms in total. The molecule has 6 heteroatoms. The molecule has 25 heavy (non-hydrogen) atoms. The smallest absolute Gasteiger partial charge is 0.310 e. The van der Waals surface area contributed by atoms with E-state index in [1.807, 2.05) is 32.9 Å². The Bertz CT molecular complexity index is 638. The molecular weight excluding hydrogens is 320 g/mol. The lowest BCUT2D eigenvalue weighted by Crippen LogP contribution is -2.50. The molecule has 0 heterocycles. The van der Waals surface area contributed by atoms with Crippen molar-refractivity contribution in [3.05, 3.63) is 35.4 Å². The molecule has 0 aromatic heterocycles. The van der Waals surface area contributed by atoms with Crippen molar-refractivity contribution in [1.82, 2.24) is 10.6 Å². The topological polar surface area (TPSA) is 95.5 Å². The van der Waals surface area contributed by atoms with Crippen LogP contribution < -0.4 is 10.6 Å². The Morgan fingerprint density at radius 1 is 1.16 bits per heavy atom. The Hall–Kier alpha value is -2.37. The zero-order valence-electron chi connectivity index (χ0n) is 15.6. The van der Waals surface area contributed by atoms with E-state index in [-0.39, 0.29) is 24.3 Å². The van der Waals surface area contributed by atoms with Gasteiger partial charge in [0.05, 0.1) is 5.41 Å². The molecule has 0 saturated carbocycles. The van der Waals surface area contributed by atoms with Crippen molar-refractivity contribution in [3.8, 4) is 0 Å². The van der Waals surface area contributed by atoms with Crippen LogP contribution in [0.4, 0.5) is 0 Å². The first kappa shape index (κ1) is 20.7. The van der Waals surface area contributed by atoms with E-state index >= 15 is 0 Å². The van der Waals surface area contributed by atoms with Gasteiger partial charge in [0.2, 0.25) is 5.91 Å². The fraction of sp³-hybridized carbons (Fsp3) is 0.526. The van der Waals surface area contributed by atoms with Crippen LogP contribution in [0.5, 0.6) is 0 Å². The molecule has 1 atom stereocenters. The van der Waals surface area contributed by atoms with E-state index in [1.54, 1.807) is 26.0 Å². The molecule has 0 aliphatic rings. The van der Waals surface area contributed by atoms with Gasteiger partial charge in [-0.2, -0.15) is 0 Å². The predicted octanol–water partition coefficient (Wildman–Crippen LogP) is 2.37. The third-order valence-electron chi connectivity index (χ3n) is 4.00. The third kappa shape index (κ3) is 6.21. The molecule has 0 fully saturated rings. The number of carboxylic acids is 1. The summed E-state index contributed by atoms with van der Waals surface area (Å²) in [5.41, 5.74) is 0.281. The minimum atomic E-state index is -1.07. The molecule has 0 saturated heterocycles. The Balaban J connectivity index is 2.83. The number of carbonyl (C=O) groups is 3. The number of amides is 2. The molecule has 0 bridgehead atoms. The maximum atomic E-state index is 12.5. The first-order chi connectivity index (χ1) is 11.5. The Labute approximate surface area is 149 Å². The molecule has 0 aliphatic carbocycles. The van der Waals surface area contributed by atoms with Crippen molar-refractivity contribution in [2.24, 2.45) is 11.3 Å². The molecule has 1 rings (SSSR count). The van der Waals surface area contributed by atoms with Gasteiger partial charge in [0, 0.05) is 12.1 Å². The van der Waals surface area contributed by atoms with Crippen LogP contribution in [0.25, 0.3) is 0 Å². The highest BCUT2D eigenvalue weighted by atomic mass is 16.4. The second kappa shape index (κ2) is 8.65. The lowest BCUT2D eigenvalue weighted by molar-refractivity contribution is -0.146. The molecule has 2 amide bonds. The van der Waals surface area contributed by atoms with Gasteiger partial charge in [-0.25, -0.2) is 0 Å². The first-order valence-corrected chi connectivity index (χ1v) is 8.42. The number of benzene rings is 1. The summed E-state index contributed by atoms with van der Waals surface area (Å²) in [5.74, 6) is -1.47. The van der Waals surface area contributed by atoms with E-state index in [2.05, 4.69) is 10.6 Å². The van der Waals surface area contributed by atoms with Crippen molar-refractivity contribution >= 4 is 17.8 Å². The van der Waals surface area contributed by atoms with E-state index in [4.69, 9.17) is 5.11 Å². The van der Waals surface area contributed by atoms with Gasteiger partial charge >= 0.3 is 5.97 Å². The highest BCUT2D eigenvalue weighted by Gasteiger charge is 2.30. The average Bonchev–Trinajstić information content (AvgIpc) is 2.51. The Morgan fingerprint density at radius 2 is 1.76 bits per heavy atom. The number of carbonyl (C=O) groups excluding carboxylic acids is 2. The number of carboxylic acid groups (broad SMARTS) is 1. The highest BCUT2D eigenvalue weighted by Crippen LogP contribution is 2.14. The molecule has 3 N–H and O–H groups in total. The second-order valence-corrected chi connectivity index (χ2v) is 7.38. The second-order valence-electron chi connectivity index (χ2n) is 7.38. The van der Waals surface area contributed by atoms with Crippen molar-refractivity contribution in [1.29, 1.82) is 0 Å². The SMILES string of the molecule is Cc1ccccc1C(=O)NC(CC(C)C)C(=O)NCC(C)(C)C(=O)O. The van der Waals surface area contributed by atoms with Crippen molar-refractivity contribution in [3.63, 3.8) is 0 Å². The summed E-state index contributed by atoms with van der Waals surface area (Å²) in [4.78, 5) is 36.1. The quantitative estimate of drug-likeness (QED) is 0.672. The zero-order chi connectivity index (χ0) is 19.2. The number of aliphatic carboxylic acids is 1. The summed E-state index contributed by atoms with van der Waals surface area (Å²) in [6.45, 7) is 8.83. The Kier molecular flexibility index (Phi) is 7.15. The molecule has 0 radical (unpaired) electrons. The standard InChI is InChI=1S/C19H28N2O4/c1-12(2)10-15(17(23)20-11-19(4,5)18(24)25)21-16(22)14-9-7-6-8-13(14)3/h6-9,12,15H,10-11H2,1-5H3,(H,20,23)(H,21,22)(H,24,25). The largest absolute Gasteiger partial charge is 0.481 e. The van der Waals surface area contributed by atoms with Crippen LogP contribution in [0.3, 0.4) is 0 Å². The third-order valence-corrected chi connectivity index (χ3v) is 4.00. The maximum absolute atomic E-state index is 12.5. The van der Waals surface area contributed by atoms with Crippen molar-refractivity contribution in [2.45, 2.75) is 47.1 Å². The van der Waals surface area contributed by atoms with E-state index < -0.39 is 17.4 Å². The van der Waals surface area contributed by atoms with Crippen LogP contribution >= 0.6 is 0 Å². The average molecular weight is 348 g/mol. The number of hydrogen-bond acceptors (Lipinski definition) is 3. The molecule has 1 aromatic carbocycles. The zero-order valence-corrected chi connectivity index (χ0v) is 15.6. The monoisotopic (exact) mass is 348 g/mol. The summed E-state index contributed by atoms with van der Waals surface area (Å²) >= 11 is 0. The van der Waals surface area contributed by atoms with Crippen LogP contribution in [0.2, 0.25) is 0 Å². The number of aryl methyl sites for hydroxylation is 1. The number of rotatable bonds is 8. The van der Waals surface area contributed by atoms with E-state index in [1.165, 1.54) is 0 Å². The fourth-order valence-corrected chi connectivity index (χ4v) is 2.27. The van der Waals surface area contributed by atoms with Gasteiger partial charge in [0.15, 0.2) is 0 Å². The van der Waals surface area contributed by atoms with Crippen molar-refractivity contribution < 1.29 is 19.5 Å². The first-order valence-electron chi connectivity index (χ1n) is 8.42. The normalized spacial score (nSPS) is 12.6. The molecule has 1 unspecified atom stereocenters. The predicted molar refractivity (Wildman–Crippen MR) is 96.3 cm³/mol. The molecule has 0 aliphatic heterocycles. The van der Waals surface area contributed by atoms with Gasteiger partial charge in [-0.1, -0.05) is 32.0 Å². The summed E-state index contributed by atoms with van der Waals surface area (Å²) in [5, 5.41) is 14.6. The lowest BCUT2D eigenvalue weighted by atomic mass is 9.93. The van der Waals surface area contributed by atoms with Crippen LogP contribution in [0, 0.1) is 18.3 Å².